The molecule has 0 rings (SSSR count). The molecule has 0 aromatic rings. The fraction of sp³-hybridized carbons (Fsp3) is 0.833. The fourth-order valence-corrected chi connectivity index (χ4v) is 4.80. The summed E-state index contributed by atoms with van der Waals surface area (Å²) in [6, 6.07) is 0. The number of carbonyl (C=O) groups is 2. The van der Waals surface area contributed by atoms with E-state index in [0.29, 0.717) is 12.8 Å². The van der Waals surface area contributed by atoms with Gasteiger partial charge in [0.05, 0.1) is 6.61 Å². The second-order valence-corrected chi connectivity index (χ2v) is 11.6. The number of hydrogen-bond donors (Lipinski definition) is 1. The average molecular weight is 579 g/mol. The highest BCUT2D eigenvalue weighted by atomic mass is 16.6. The molecule has 0 saturated heterocycles. The summed E-state index contributed by atoms with van der Waals surface area (Å²) >= 11 is 0. The van der Waals surface area contributed by atoms with Crippen LogP contribution >= 0.6 is 0 Å². The lowest BCUT2D eigenvalue weighted by molar-refractivity contribution is -0.161. The van der Waals surface area contributed by atoms with Gasteiger partial charge < -0.3 is 14.6 Å². The van der Waals surface area contributed by atoms with Crippen molar-refractivity contribution in [3.63, 3.8) is 0 Å². The summed E-state index contributed by atoms with van der Waals surface area (Å²) in [5, 5.41) is 9.50. The van der Waals surface area contributed by atoms with Crippen LogP contribution in [0.1, 0.15) is 174 Å². The lowest BCUT2D eigenvalue weighted by Gasteiger charge is -2.15. The minimum Gasteiger partial charge on any atom is -0.462 e. The summed E-state index contributed by atoms with van der Waals surface area (Å²) in [6.07, 6.45) is 36.5. The quantitative estimate of drug-likeness (QED) is 0.0503. The molecule has 0 amide bonds. The number of hydrogen-bond acceptors (Lipinski definition) is 5. The van der Waals surface area contributed by atoms with Crippen molar-refractivity contribution in [2.75, 3.05) is 13.2 Å². The maximum atomic E-state index is 12.1. The molecule has 0 aromatic heterocycles. The SMILES string of the molecule is CCCC/C=C\C/C=C\CCCCCCCC(=O)OC(CO)COC(=O)CCCCCCCCCCCCCCC. The maximum absolute atomic E-state index is 12.1. The summed E-state index contributed by atoms with van der Waals surface area (Å²) in [6.45, 7) is 4.07. The molecule has 0 aromatic carbocycles. The van der Waals surface area contributed by atoms with Crippen molar-refractivity contribution in [2.45, 2.75) is 180 Å². The van der Waals surface area contributed by atoms with E-state index in [0.717, 1.165) is 51.4 Å². The van der Waals surface area contributed by atoms with E-state index in [9.17, 15) is 14.7 Å². The van der Waals surface area contributed by atoms with Crippen LogP contribution in [-0.4, -0.2) is 36.4 Å². The number of aliphatic hydroxyl groups is 1. The van der Waals surface area contributed by atoms with Crippen molar-refractivity contribution in [3.05, 3.63) is 24.3 Å². The summed E-state index contributed by atoms with van der Waals surface area (Å²) in [4.78, 5) is 24.1. The maximum Gasteiger partial charge on any atom is 0.306 e. The van der Waals surface area contributed by atoms with E-state index in [2.05, 4.69) is 38.2 Å². The zero-order valence-electron chi connectivity index (χ0n) is 27.1. The topological polar surface area (TPSA) is 72.8 Å². The molecule has 0 aliphatic rings. The van der Waals surface area contributed by atoms with Gasteiger partial charge in [0.1, 0.15) is 6.61 Å². The van der Waals surface area contributed by atoms with E-state index in [1.165, 1.54) is 96.3 Å². The molecule has 0 aliphatic heterocycles. The zero-order valence-corrected chi connectivity index (χ0v) is 27.1. The van der Waals surface area contributed by atoms with E-state index in [1.807, 2.05) is 0 Å². The van der Waals surface area contributed by atoms with Crippen LogP contribution in [0.25, 0.3) is 0 Å². The van der Waals surface area contributed by atoms with Gasteiger partial charge in [-0.25, -0.2) is 0 Å². The first-order valence-corrected chi connectivity index (χ1v) is 17.4. The van der Waals surface area contributed by atoms with Crippen molar-refractivity contribution in [1.82, 2.24) is 0 Å². The molecule has 0 aliphatic carbocycles. The molecule has 0 bridgehead atoms. The highest BCUT2D eigenvalue weighted by Crippen LogP contribution is 2.13. The van der Waals surface area contributed by atoms with Crippen LogP contribution in [0.3, 0.4) is 0 Å². The molecule has 0 heterocycles. The Morgan fingerprint density at radius 1 is 0.561 bits per heavy atom. The molecular formula is C36H66O5. The van der Waals surface area contributed by atoms with Gasteiger partial charge in [-0.3, -0.25) is 9.59 Å². The van der Waals surface area contributed by atoms with Crippen molar-refractivity contribution < 1.29 is 24.2 Å². The van der Waals surface area contributed by atoms with E-state index >= 15 is 0 Å². The first kappa shape index (κ1) is 39.4. The van der Waals surface area contributed by atoms with Crippen LogP contribution in [0.4, 0.5) is 0 Å². The second-order valence-electron chi connectivity index (χ2n) is 11.6. The summed E-state index contributed by atoms with van der Waals surface area (Å²) in [5.74, 6) is -0.604. The Balaban J connectivity index is 3.59. The van der Waals surface area contributed by atoms with Gasteiger partial charge in [-0.05, 0) is 38.5 Å². The van der Waals surface area contributed by atoms with Crippen LogP contribution in [0, 0.1) is 0 Å². The number of aliphatic hydroxyl groups excluding tert-OH is 1. The standard InChI is InChI=1S/C36H66O5/c1-3-5-7-9-11-13-15-17-19-21-23-25-27-29-31-36(39)41-34(32-37)33-40-35(38)30-28-26-24-22-20-18-16-14-12-10-8-6-4-2/h9,11,15,17,34,37H,3-8,10,12-14,16,18-33H2,1-2H3/b11-9-,17-15-. The molecule has 0 saturated carbocycles. The van der Waals surface area contributed by atoms with Gasteiger partial charge in [0.2, 0.25) is 0 Å². The number of ether oxygens (including phenoxy) is 2. The van der Waals surface area contributed by atoms with Crippen LogP contribution in [0.15, 0.2) is 24.3 Å². The first-order chi connectivity index (χ1) is 20.1. The summed E-state index contributed by atoms with van der Waals surface area (Å²) in [5.41, 5.74) is 0. The molecule has 5 nitrogen and oxygen atoms in total. The van der Waals surface area contributed by atoms with Gasteiger partial charge in [0.25, 0.3) is 0 Å². The molecule has 1 unspecified atom stereocenters. The van der Waals surface area contributed by atoms with Crippen LogP contribution in [0.2, 0.25) is 0 Å². The van der Waals surface area contributed by atoms with Crippen LogP contribution in [-0.2, 0) is 19.1 Å². The van der Waals surface area contributed by atoms with Gasteiger partial charge in [-0.15, -0.1) is 0 Å². The monoisotopic (exact) mass is 578 g/mol. The molecule has 0 fully saturated rings. The summed E-state index contributed by atoms with van der Waals surface area (Å²) < 4.78 is 10.5. The van der Waals surface area contributed by atoms with Crippen molar-refractivity contribution in [2.24, 2.45) is 0 Å². The predicted molar refractivity (Wildman–Crippen MR) is 173 cm³/mol. The second kappa shape index (κ2) is 32.9. The molecular weight excluding hydrogens is 512 g/mol. The molecule has 0 spiro atoms. The van der Waals surface area contributed by atoms with Gasteiger partial charge >= 0.3 is 11.9 Å². The van der Waals surface area contributed by atoms with Crippen molar-refractivity contribution in [3.8, 4) is 0 Å². The van der Waals surface area contributed by atoms with Gasteiger partial charge in [0.15, 0.2) is 6.10 Å². The summed E-state index contributed by atoms with van der Waals surface area (Å²) in [7, 11) is 0. The number of esters is 2. The van der Waals surface area contributed by atoms with Crippen LogP contribution in [0.5, 0.6) is 0 Å². The van der Waals surface area contributed by atoms with E-state index in [-0.39, 0.29) is 25.2 Å². The molecule has 41 heavy (non-hydrogen) atoms. The molecule has 240 valence electrons. The smallest absolute Gasteiger partial charge is 0.306 e. The minimum atomic E-state index is -0.772. The van der Waals surface area contributed by atoms with E-state index in [4.69, 9.17) is 9.47 Å². The number of carbonyl (C=O) groups excluding carboxylic acids is 2. The van der Waals surface area contributed by atoms with Crippen LogP contribution < -0.4 is 0 Å². The Morgan fingerprint density at radius 2 is 1.00 bits per heavy atom. The third kappa shape index (κ3) is 31.2. The van der Waals surface area contributed by atoms with Crippen molar-refractivity contribution in [1.29, 1.82) is 0 Å². The average Bonchev–Trinajstić information content (AvgIpc) is 2.97. The Bertz CT molecular complexity index is 627. The molecule has 1 N–H and O–H groups in total. The lowest BCUT2D eigenvalue weighted by atomic mass is 10.0. The molecule has 1 atom stereocenters. The lowest BCUT2D eigenvalue weighted by Crippen LogP contribution is -2.28. The zero-order chi connectivity index (χ0) is 30.1. The van der Waals surface area contributed by atoms with Crippen molar-refractivity contribution >= 4 is 11.9 Å². The number of allylic oxidation sites excluding steroid dienone is 4. The molecule has 5 heteroatoms. The highest BCUT2D eigenvalue weighted by Gasteiger charge is 2.16. The largest absolute Gasteiger partial charge is 0.462 e. The normalized spacial score (nSPS) is 12.4. The van der Waals surface area contributed by atoms with Gasteiger partial charge in [0, 0.05) is 12.8 Å². The van der Waals surface area contributed by atoms with Gasteiger partial charge in [-0.2, -0.15) is 0 Å². The number of rotatable bonds is 31. The fourth-order valence-electron chi connectivity index (χ4n) is 4.80. The minimum absolute atomic E-state index is 0.0679. The molecule has 0 radical (unpaired) electrons. The number of unbranched alkanes of at least 4 members (excludes halogenated alkanes) is 19. The third-order valence-corrected chi connectivity index (χ3v) is 7.50. The Kier molecular flexibility index (Phi) is 31.6. The third-order valence-electron chi connectivity index (χ3n) is 7.50. The Hall–Kier alpha value is -1.62. The van der Waals surface area contributed by atoms with E-state index in [1.54, 1.807) is 0 Å². The van der Waals surface area contributed by atoms with E-state index < -0.39 is 6.10 Å². The predicted octanol–water partition coefficient (Wildman–Crippen LogP) is 10.3. The Labute approximate surface area is 253 Å². The Morgan fingerprint density at radius 3 is 1.51 bits per heavy atom. The first-order valence-electron chi connectivity index (χ1n) is 17.4. The highest BCUT2D eigenvalue weighted by molar-refractivity contribution is 5.70. The van der Waals surface area contributed by atoms with Gasteiger partial charge in [-0.1, -0.05) is 147 Å².